The Balaban J connectivity index is 1.85. The molecule has 0 aliphatic carbocycles. The van der Waals surface area contributed by atoms with Crippen molar-refractivity contribution in [2.45, 2.75) is 0 Å². The number of thiocarbonyl (C=S) groups is 1. The maximum Gasteiger partial charge on any atom is 0.105 e. The van der Waals surface area contributed by atoms with Gasteiger partial charge in [0.15, 0.2) is 0 Å². The first-order valence-electron chi connectivity index (χ1n) is 7.89. The summed E-state index contributed by atoms with van der Waals surface area (Å²) in [4.78, 5) is 2.98. The number of rotatable bonds is 4. The average Bonchev–Trinajstić information content (AvgIpc) is 2.62. The van der Waals surface area contributed by atoms with Gasteiger partial charge in [-0.1, -0.05) is 54.2 Å². The molecular weight excluding hydrogens is 340 g/mol. The number of nitrogens with one attached hydrogen (secondary N) is 1. The number of hydrogen-bond donors (Lipinski definition) is 1. The minimum absolute atomic E-state index is 0.678. The Morgan fingerprint density at radius 2 is 1.71 bits per heavy atom. The molecule has 5 heteroatoms. The van der Waals surface area contributed by atoms with Crippen LogP contribution in [0.2, 0.25) is 5.02 Å². The number of nitrogens with zero attached hydrogens (tertiary/aromatic N) is 1. The van der Waals surface area contributed by atoms with E-state index in [2.05, 4.69) is 10.2 Å². The highest BCUT2D eigenvalue weighted by Crippen LogP contribution is 2.23. The summed E-state index contributed by atoms with van der Waals surface area (Å²) in [5.41, 5.74) is 3.16. The van der Waals surface area contributed by atoms with Crippen LogP contribution in [0.1, 0.15) is 5.56 Å². The Bertz CT molecular complexity index is 710. The Hall–Kier alpha value is -1.88. The number of para-hydroxylation sites is 1. The molecule has 1 aliphatic rings. The summed E-state index contributed by atoms with van der Waals surface area (Å²) >= 11 is 11.6. The van der Waals surface area contributed by atoms with Gasteiger partial charge in [0.1, 0.15) is 4.99 Å². The van der Waals surface area contributed by atoms with E-state index in [1.54, 1.807) is 0 Å². The zero-order chi connectivity index (χ0) is 16.8. The number of hydrogen-bond acceptors (Lipinski definition) is 3. The van der Waals surface area contributed by atoms with Gasteiger partial charge in [0.2, 0.25) is 0 Å². The standard InChI is InChI=1S/C19H19ClN2OS/c20-16-8-6-15(7-9-16)18(22-10-12-23-13-11-22)14-19(24)21-17-4-2-1-3-5-17/h1-9,14H,10-13H2,(H,21,24). The smallest absolute Gasteiger partial charge is 0.105 e. The Kier molecular flexibility index (Phi) is 5.86. The summed E-state index contributed by atoms with van der Waals surface area (Å²) in [6, 6.07) is 17.8. The molecule has 2 aromatic carbocycles. The number of benzene rings is 2. The molecule has 0 bridgehead atoms. The summed E-state index contributed by atoms with van der Waals surface area (Å²) in [7, 11) is 0. The molecule has 3 nitrogen and oxygen atoms in total. The van der Waals surface area contributed by atoms with Crippen molar-refractivity contribution in [1.29, 1.82) is 0 Å². The van der Waals surface area contributed by atoms with Gasteiger partial charge >= 0.3 is 0 Å². The predicted molar refractivity (Wildman–Crippen MR) is 104 cm³/mol. The first-order chi connectivity index (χ1) is 11.7. The van der Waals surface area contributed by atoms with Gasteiger partial charge in [0.05, 0.1) is 13.2 Å². The molecule has 1 N–H and O–H groups in total. The first-order valence-corrected chi connectivity index (χ1v) is 8.67. The number of morpholine rings is 1. The van der Waals surface area contributed by atoms with Crippen molar-refractivity contribution in [2.24, 2.45) is 0 Å². The normalized spacial score (nSPS) is 15.2. The lowest BCUT2D eigenvalue weighted by Gasteiger charge is -2.31. The van der Waals surface area contributed by atoms with E-state index in [4.69, 9.17) is 28.6 Å². The first kappa shape index (κ1) is 17.0. The van der Waals surface area contributed by atoms with Crippen molar-refractivity contribution in [2.75, 3.05) is 31.6 Å². The molecule has 24 heavy (non-hydrogen) atoms. The van der Waals surface area contributed by atoms with Gasteiger partial charge in [-0.3, -0.25) is 0 Å². The van der Waals surface area contributed by atoms with Gasteiger partial charge < -0.3 is 15.0 Å². The van der Waals surface area contributed by atoms with Gasteiger partial charge in [0.25, 0.3) is 0 Å². The van der Waals surface area contributed by atoms with Crippen LogP contribution < -0.4 is 5.32 Å². The topological polar surface area (TPSA) is 24.5 Å². The Labute approximate surface area is 152 Å². The van der Waals surface area contributed by atoms with Gasteiger partial charge in [-0.2, -0.15) is 0 Å². The molecule has 1 saturated heterocycles. The van der Waals surface area contributed by atoms with E-state index in [9.17, 15) is 0 Å². The SMILES string of the molecule is S=C(C=C(c1ccc(Cl)cc1)N1CCOCC1)Nc1ccccc1. The molecular formula is C19H19ClN2OS. The molecule has 0 radical (unpaired) electrons. The molecule has 1 heterocycles. The third kappa shape index (κ3) is 4.57. The molecule has 0 saturated carbocycles. The molecule has 0 amide bonds. The van der Waals surface area contributed by atoms with Crippen molar-refractivity contribution in [3.8, 4) is 0 Å². The van der Waals surface area contributed by atoms with Crippen LogP contribution in [0.5, 0.6) is 0 Å². The van der Waals surface area contributed by atoms with Crippen LogP contribution in [0.4, 0.5) is 5.69 Å². The van der Waals surface area contributed by atoms with Crippen molar-refractivity contribution in [3.63, 3.8) is 0 Å². The number of ether oxygens (including phenoxy) is 1. The summed E-state index contributed by atoms with van der Waals surface area (Å²) in [5.74, 6) is 0. The lowest BCUT2D eigenvalue weighted by Crippen LogP contribution is -2.35. The van der Waals surface area contributed by atoms with E-state index in [0.29, 0.717) is 4.99 Å². The summed E-state index contributed by atoms with van der Waals surface area (Å²) in [6.07, 6.45) is 2.01. The highest BCUT2D eigenvalue weighted by molar-refractivity contribution is 7.81. The van der Waals surface area contributed by atoms with Crippen LogP contribution in [0.3, 0.4) is 0 Å². The third-order valence-corrected chi connectivity index (χ3v) is 4.27. The largest absolute Gasteiger partial charge is 0.378 e. The fourth-order valence-corrected chi connectivity index (χ4v) is 2.96. The van der Waals surface area contributed by atoms with Crippen LogP contribution >= 0.6 is 23.8 Å². The van der Waals surface area contributed by atoms with Gasteiger partial charge in [-0.05, 0) is 35.9 Å². The summed E-state index contributed by atoms with van der Waals surface area (Å²) < 4.78 is 5.47. The molecule has 1 aliphatic heterocycles. The number of halogens is 1. The second-order valence-corrected chi connectivity index (χ2v) is 6.37. The molecule has 1 fully saturated rings. The molecule has 3 rings (SSSR count). The van der Waals surface area contributed by atoms with E-state index >= 15 is 0 Å². The minimum atomic E-state index is 0.678. The predicted octanol–water partition coefficient (Wildman–Crippen LogP) is 4.45. The van der Waals surface area contributed by atoms with Gasteiger partial charge in [-0.15, -0.1) is 0 Å². The van der Waals surface area contributed by atoms with Crippen LogP contribution in [0, 0.1) is 0 Å². The molecule has 2 aromatic rings. The number of anilines is 1. The van der Waals surface area contributed by atoms with E-state index in [1.807, 2.05) is 60.7 Å². The van der Waals surface area contributed by atoms with E-state index in [-0.39, 0.29) is 0 Å². The second-order valence-electron chi connectivity index (χ2n) is 5.49. The van der Waals surface area contributed by atoms with Gasteiger partial charge in [-0.25, -0.2) is 0 Å². The Morgan fingerprint density at radius 1 is 1.04 bits per heavy atom. The fraction of sp³-hybridized carbons (Fsp3) is 0.211. The summed E-state index contributed by atoms with van der Waals surface area (Å²) in [5, 5.41) is 3.99. The summed E-state index contributed by atoms with van der Waals surface area (Å²) in [6.45, 7) is 3.15. The maximum absolute atomic E-state index is 6.02. The van der Waals surface area contributed by atoms with Crippen molar-refractivity contribution >= 4 is 40.2 Å². The van der Waals surface area contributed by atoms with Crippen LogP contribution in [-0.4, -0.2) is 36.2 Å². The highest BCUT2D eigenvalue weighted by atomic mass is 35.5. The lowest BCUT2D eigenvalue weighted by atomic mass is 10.1. The molecule has 0 unspecified atom stereocenters. The third-order valence-electron chi connectivity index (χ3n) is 3.80. The lowest BCUT2D eigenvalue weighted by molar-refractivity contribution is 0.0640. The highest BCUT2D eigenvalue weighted by Gasteiger charge is 2.16. The minimum Gasteiger partial charge on any atom is -0.378 e. The zero-order valence-electron chi connectivity index (χ0n) is 13.2. The molecule has 0 atom stereocenters. The van der Waals surface area contributed by atoms with Crippen molar-refractivity contribution < 1.29 is 4.74 Å². The average molecular weight is 359 g/mol. The quantitative estimate of drug-likeness (QED) is 0.644. The maximum atomic E-state index is 6.02. The molecule has 0 spiro atoms. The monoisotopic (exact) mass is 358 g/mol. The van der Waals surface area contributed by atoms with Crippen LogP contribution in [0.25, 0.3) is 5.70 Å². The van der Waals surface area contributed by atoms with Gasteiger partial charge in [0, 0.05) is 29.5 Å². The molecule has 0 aromatic heterocycles. The Morgan fingerprint density at radius 3 is 2.38 bits per heavy atom. The van der Waals surface area contributed by atoms with E-state index in [0.717, 1.165) is 48.3 Å². The zero-order valence-corrected chi connectivity index (χ0v) is 14.8. The van der Waals surface area contributed by atoms with E-state index < -0.39 is 0 Å². The van der Waals surface area contributed by atoms with Crippen LogP contribution in [0.15, 0.2) is 60.7 Å². The van der Waals surface area contributed by atoms with Crippen molar-refractivity contribution in [1.82, 2.24) is 4.90 Å². The fourth-order valence-electron chi connectivity index (χ4n) is 2.61. The molecule has 124 valence electrons. The van der Waals surface area contributed by atoms with Crippen molar-refractivity contribution in [3.05, 3.63) is 71.3 Å². The van der Waals surface area contributed by atoms with Crippen LogP contribution in [-0.2, 0) is 4.74 Å². The second kappa shape index (κ2) is 8.29. The van der Waals surface area contributed by atoms with E-state index in [1.165, 1.54) is 0 Å².